The number of rotatable bonds is 8. The number of aryl methyl sites for hydroxylation is 2. The van der Waals surface area contributed by atoms with E-state index in [2.05, 4.69) is 10.4 Å². The Morgan fingerprint density at radius 2 is 2.28 bits per heavy atom. The van der Waals surface area contributed by atoms with Gasteiger partial charge in [0.25, 0.3) is 0 Å². The first-order valence-electron chi connectivity index (χ1n) is 6.46. The summed E-state index contributed by atoms with van der Waals surface area (Å²) < 4.78 is 1.90. The number of nitrogens with zero attached hydrogens (tertiary/aromatic N) is 2. The maximum absolute atomic E-state index is 11.2. The van der Waals surface area contributed by atoms with Crippen LogP contribution in [-0.2, 0) is 11.3 Å². The minimum Gasteiger partial charge on any atom is -0.480 e. The Labute approximate surface area is 108 Å². The Hall–Kier alpha value is -1.36. The second-order valence-corrected chi connectivity index (χ2v) is 4.84. The van der Waals surface area contributed by atoms with Crippen LogP contribution in [-0.4, -0.2) is 32.9 Å². The molecule has 18 heavy (non-hydrogen) atoms. The summed E-state index contributed by atoms with van der Waals surface area (Å²) in [6.07, 6.45) is 4.40. The largest absolute Gasteiger partial charge is 0.480 e. The van der Waals surface area contributed by atoms with Gasteiger partial charge in [0.2, 0.25) is 0 Å². The van der Waals surface area contributed by atoms with E-state index in [0.717, 1.165) is 25.1 Å². The zero-order valence-electron chi connectivity index (χ0n) is 11.4. The third kappa shape index (κ3) is 4.14. The highest BCUT2D eigenvalue weighted by atomic mass is 16.4. The first kappa shape index (κ1) is 14.7. The number of nitrogens with one attached hydrogen (secondary N) is 1. The standard InChI is InChI=1S/C13H23N3O2/c1-4-14-13(3,12(17)18)8-5-6-9-16-10-7-11(2)15-16/h7,10,14H,4-6,8-9H2,1-3H3,(H,17,18). The number of carbonyl (C=O) groups is 1. The number of carboxylic acid groups (broad SMARTS) is 1. The molecular formula is C13H23N3O2. The van der Waals surface area contributed by atoms with Gasteiger partial charge in [-0.3, -0.25) is 9.48 Å². The van der Waals surface area contributed by atoms with Gasteiger partial charge in [0, 0.05) is 12.7 Å². The monoisotopic (exact) mass is 253 g/mol. The van der Waals surface area contributed by atoms with Crippen molar-refractivity contribution in [3.05, 3.63) is 18.0 Å². The molecule has 1 unspecified atom stereocenters. The van der Waals surface area contributed by atoms with Crippen molar-refractivity contribution in [1.29, 1.82) is 0 Å². The van der Waals surface area contributed by atoms with Gasteiger partial charge in [-0.05, 0) is 45.7 Å². The average Bonchev–Trinajstić information content (AvgIpc) is 2.71. The molecule has 0 spiro atoms. The molecule has 0 saturated carbocycles. The Balaban J connectivity index is 2.33. The molecule has 2 N–H and O–H groups in total. The topological polar surface area (TPSA) is 67.2 Å². The van der Waals surface area contributed by atoms with Crippen LogP contribution in [0.2, 0.25) is 0 Å². The van der Waals surface area contributed by atoms with Crippen molar-refractivity contribution in [2.75, 3.05) is 6.54 Å². The van der Waals surface area contributed by atoms with E-state index >= 15 is 0 Å². The van der Waals surface area contributed by atoms with Gasteiger partial charge in [-0.2, -0.15) is 5.10 Å². The lowest BCUT2D eigenvalue weighted by atomic mass is 9.95. The SMILES string of the molecule is CCNC(C)(CCCCn1ccc(C)n1)C(=O)O. The molecule has 0 aliphatic carbocycles. The molecule has 0 aliphatic rings. The number of likely N-dealkylation sites (N-methyl/N-ethyl adjacent to an activating group) is 1. The van der Waals surface area contributed by atoms with Gasteiger partial charge in [0.15, 0.2) is 0 Å². The van der Waals surface area contributed by atoms with E-state index in [1.165, 1.54) is 0 Å². The van der Waals surface area contributed by atoms with Crippen molar-refractivity contribution in [3.63, 3.8) is 0 Å². The maximum Gasteiger partial charge on any atom is 0.323 e. The summed E-state index contributed by atoms with van der Waals surface area (Å²) in [5.74, 6) is -0.778. The number of hydrogen-bond acceptors (Lipinski definition) is 3. The number of hydrogen-bond donors (Lipinski definition) is 2. The summed E-state index contributed by atoms with van der Waals surface area (Å²) in [5, 5.41) is 16.5. The zero-order valence-corrected chi connectivity index (χ0v) is 11.4. The molecule has 0 radical (unpaired) electrons. The number of aromatic nitrogens is 2. The van der Waals surface area contributed by atoms with Crippen molar-refractivity contribution in [2.45, 2.75) is 52.1 Å². The molecule has 102 valence electrons. The lowest BCUT2D eigenvalue weighted by molar-refractivity contribution is -0.144. The summed E-state index contributed by atoms with van der Waals surface area (Å²) in [5.41, 5.74) is 0.201. The first-order valence-corrected chi connectivity index (χ1v) is 6.46. The van der Waals surface area contributed by atoms with E-state index in [1.54, 1.807) is 6.92 Å². The Morgan fingerprint density at radius 3 is 2.78 bits per heavy atom. The molecule has 0 amide bonds. The molecule has 0 aliphatic heterocycles. The van der Waals surface area contributed by atoms with E-state index in [4.69, 9.17) is 0 Å². The van der Waals surface area contributed by atoms with Crippen LogP contribution in [0.3, 0.4) is 0 Å². The molecule has 5 nitrogen and oxygen atoms in total. The van der Waals surface area contributed by atoms with Gasteiger partial charge in [-0.25, -0.2) is 0 Å². The van der Waals surface area contributed by atoms with Gasteiger partial charge >= 0.3 is 5.97 Å². The third-order valence-corrected chi connectivity index (χ3v) is 3.13. The summed E-state index contributed by atoms with van der Waals surface area (Å²) in [6.45, 7) is 7.14. The molecule has 0 bridgehead atoms. The van der Waals surface area contributed by atoms with Crippen LogP contribution in [0.1, 0.15) is 38.8 Å². The van der Waals surface area contributed by atoms with Crippen molar-refractivity contribution in [2.24, 2.45) is 0 Å². The normalized spacial score (nSPS) is 14.4. The Morgan fingerprint density at radius 1 is 1.56 bits per heavy atom. The zero-order chi connectivity index (χ0) is 13.6. The molecule has 1 heterocycles. The summed E-state index contributed by atoms with van der Waals surface area (Å²) >= 11 is 0. The van der Waals surface area contributed by atoms with Crippen LogP contribution in [0.5, 0.6) is 0 Å². The van der Waals surface area contributed by atoms with E-state index in [1.807, 2.05) is 30.8 Å². The fourth-order valence-electron chi connectivity index (χ4n) is 2.00. The quantitative estimate of drug-likeness (QED) is 0.693. The van der Waals surface area contributed by atoms with Gasteiger partial charge in [-0.1, -0.05) is 6.92 Å². The highest BCUT2D eigenvalue weighted by Crippen LogP contribution is 2.14. The Kier molecular flexibility index (Phi) is 5.34. The molecule has 0 fully saturated rings. The molecule has 1 atom stereocenters. The van der Waals surface area contributed by atoms with Crippen LogP contribution in [0.25, 0.3) is 0 Å². The highest BCUT2D eigenvalue weighted by Gasteiger charge is 2.30. The minimum atomic E-state index is -0.811. The van der Waals surface area contributed by atoms with Crippen molar-refractivity contribution in [3.8, 4) is 0 Å². The molecule has 5 heteroatoms. The van der Waals surface area contributed by atoms with Crippen LogP contribution in [0.15, 0.2) is 12.3 Å². The fourth-order valence-corrected chi connectivity index (χ4v) is 2.00. The maximum atomic E-state index is 11.2. The minimum absolute atomic E-state index is 0.635. The number of carboxylic acids is 1. The second kappa shape index (κ2) is 6.54. The van der Waals surface area contributed by atoms with Crippen LogP contribution >= 0.6 is 0 Å². The fraction of sp³-hybridized carbons (Fsp3) is 0.692. The first-order chi connectivity index (χ1) is 8.48. The van der Waals surface area contributed by atoms with Crippen LogP contribution < -0.4 is 5.32 Å². The average molecular weight is 253 g/mol. The molecule has 1 aromatic heterocycles. The van der Waals surface area contributed by atoms with Crippen LogP contribution in [0.4, 0.5) is 0 Å². The molecule has 1 aromatic rings. The van der Waals surface area contributed by atoms with Crippen LogP contribution in [0, 0.1) is 6.92 Å². The van der Waals surface area contributed by atoms with E-state index in [9.17, 15) is 9.90 Å². The van der Waals surface area contributed by atoms with Gasteiger partial charge in [0.1, 0.15) is 5.54 Å². The van der Waals surface area contributed by atoms with Gasteiger partial charge in [-0.15, -0.1) is 0 Å². The third-order valence-electron chi connectivity index (χ3n) is 3.13. The summed E-state index contributed by atoms with van der Waals surface area (Å²) in [7, 11) is 0. The lowest BCUT2D eigenvalue weighted by Gasteiger charge is -2.25. The number of aliphatic carboxylic acids is 1. The van der Waals surface area contributed by atoms with Crippen molar-refractivity contribution >= 4 is 5.97 Å². The van der Waals surface area contributed by atoms with E-state index in [-0.39, 0.29) is 0 Å². The molecule has 0 saturated heterocycles. The molecule has 1 rings (SSSR count). The van der Waals surface area contributed by atoms with Crippen molar-refractivity contribution < 1.29 is 9.90 Å². The van der Waals surface area contributed by atoms with Crippen molar-refractivity contribution in [1.82, 2.24) is 15.1 Å². The Bertz CT molecular complexity index is 389. The predicted octanol–water partition coefficient (Wildman–Crippen LogP) is 1.81. The van der Waals surface area contributed by atoms with E-state index in [0.29, 0.717) is 13.0 Å². The van der Waals surface area contributed by atoms with Gasteiger partial charge < -0.3 is 10.4 Å². The predicted molar refractivity (Wildman–Crippen MR) is 70.5 cm³/mol. The number of unbranched alkanes of at least 4 members (excludes halogenated alkanes) is 1. The lowest BCUT2D eigenvalue weighted by Crippen LogP contribution is -2.49. The molecular weight excluding hydrogens is 230 g/mol. The van der Waals surface area contributed by atoms with Gasteiger partial charge in [0.05, 0.1) is 5.69 Å². The second-order valence-electron chi connectivity index (χ2n) is 4.84. The smallest absolute Gasteiger partial charge is 0.323 e. The summed E-state index contributed by atoms with van der Waals surface area (Å²) in [4.78, 5) is 11.2. The summed E-state index contributed by atoms with van der Waals surface area (Å²) in [6, 6.07) is 1.97. The molecule has 0 aromatic carbocycles. The highest BCUT2D eigenvalue weighted by molar-refractivity contribution is 5.78. The van der Waals surface area contributed by atoms with E-state index < -0.39 is 11.5 Å².